The topological polar surface area (TPSA) is 20.3 Å². The van der Waals surface area contributed by atoms with Gasteiger partial charge in [0.2, 0.25) is 0 Å². The maximum atomic E-state index is 12.6. The zero-order chi connectivity index (χ0) is 13.8. The van der Waals surface area contributed by atoms with E-state index in [-0.39, 0.29) is 5.91 Å². The average molecular weight is 249 g/mol. The van der Waals surface area contributed by atoms with Gasteiger partial charge in [0, 0.05) is 17.7 Å². The van der Waals surface area contributed by atoms with Crippen LogP contribution in [0.15, 0.2) is 60.7 Å². The third-order valence-electron chi connectivity index (χ3n) is 3.02. The number of allylic oxidation sites excluding steroid dienone is 2. The second-order valence-corrected chi connectivity index (χ2v) is 4.05. The molecule has 1 amide bonds. The molecule has 94 valence electrons. The van der Waals surface area contributed by atoms with Gasteiger partial charge in [0.25, 0.3) is 5.91 Å². The van der Waals surface area contributed by atoms with Crippen LogP contribution in [0.5, 0.6) is 0 Å². The molecule has 0 spiro atoms. The van der Waals surface area contributed by atoms with E-state index in [0.29, 0.717) is 17.7 Å². The van der Waals surface area contributed by atoms with Crippen LogP contribution in [0.25, 0.3) is 0 Å². The first-order valence-corrected chi connectivity index (χ1v) is 6.15. The lowest BCUT2D eigenvalue weighted by Gasteiger charge is -2.24. The number of benzene rings is 1. The number of carbonyl (C=O) groups excluding carboxylic acids is 1. The van der Waals surface area contributed by atoms with Crippen LogP contribution < -0.4 is 4.90 Å². The third kappa shape index (κ3) is 2.23. The normalized spacial score (nSPS) is 17.7. The Labute approximate surface area is 113 Å². The van der Waals surface area contributed by atoms with Crippen molar-refractivity contribution in [3.8, 4) is 11.8 Å². The van der Waals surface area contributed by atoms with Crippen LogP contribution in [0.3, 0.4) is 0 Å². The van der Waals surface area contributed by atoms with E-state index in [1.807, 2.05) is 31.2 Å². The quantitative estimate of drug-likeness (QED) is 0.754. The highest BCUT2D eigenvalue weighted by atomic mass is 16.2. The Kier molecular flexibility index (Phi) is 3.68. The molecule has 0 aliphatic carbocycles. The fourth-order valence-corrected chi connectivity index (χ4v) is 2.06. The summed E-state index contributed by atoms with van der Waals surface area (Å²) in [7, 11) is 0. The molecule has 2 heteroatoms. The summed E-state index contributed by atoms with van der Waals surface area (Å²) in [6.45, 7) is 9.95. The van der Waals surface area contributed by atoms with E-state index in [0.717, 1.165) is 11.3 Å². The molecule has 1 heterocycles. The fraction of sp³-hybridized carbons (Fsp3) is 0.118. The van der Waals surface area contributed by atoms with Crippen LogP contribution in [0.2, 0.25) is 0 Å². The summed E-state index contributed by atoms with van der Waals surface area (Å²) in [6.07, 6.45) is 3.15. The molecule has 1 aliphatic heterocycles. The predicted octanol–water partition coefficient (Wildman–Crippen LogP) is 3.07. The number of hydrogen-bond acceptors (Lipinski definition) is 1. The molecule has 1 aromatic carbocycles. The van der Waals surface area contributed by atoms with E-state index < -0.39 is 0 Å². The Morgan fingerprint density at radius 2 is 1.95 bits per heavy atom. The first-order chi connectivity index (χ1) is 9.22. The molecule has 1 aliphatic rings. The van der Waals surface area contributed by atoms with Crippen molar-refractivity contribution >= 4 is 11.6 Å². The number of nitrogens with zero attached hydrogens (tertiary/aromatic N) is 1. The van der Waals surface area contributed by atoms with Gasteiger partial charge in [0.15, 0.2) is 0 Å². The Morgan fingerprint density at radius 1 is 1.21 bits per heavy atom. The second kappa shape index (κ2) is 5.41. The Balaban J connectivity index is 2.74. The van der Waals surface area contributed by atoms with Crippen molar-refractivity contribution in [2.24, 2.45) is 0 Å². The van der Waals surface area contributed by atoms with Crippen LogP contribution in [-0.4, -0.2) is 12.5 Å². The summed E-state index contributed by atoms with van der Waals surface area (Å²) >= 11 is 0. The van der Waals surface area contributed by atoms with Crippen molar-refractivity contribution in [2.75, 3.05) is 11.4 Å². The first-order valence-electron chi connectivity index (χ1n) is 6.15. The highest BCUT2D eigenvalue weighted by molar-refractivity contribution is 6.09. The van der Waals surface area contributed by atoms with E-state index >= 15 is 0 Å². The minimum Gasteiger partial charge on any atom is -0.307 e. The predicted molar refractivity (Wildman–Crippen MR) is 78.8 cm³/mol. The fourth-order valence-electron chi connectivity index (χ4n) is 2.06. The van der Waals surface area contributed by atoms with Crippen LogP contribution >= 0.6 is 0 Å². The molecule has 19 heavy (non-hydrogen) atoms. The van der Waals surface area contributed by atoms with E-state index in [1.54, 1.807) is 17.1 Å². The zero-order valence-corrected chi connectivity index (χ0v) is 10.9. The largest absolute Gasteiger partial charge is 0.307 e. The van der Waals surface area contributed by atoms with Crippen LogP contribution in [0.4, 0.5) is 5.69 Å². The minimum absolute atomic E-state index is 0.0890. The molecule has 2 rings (SSSR count). The van der Waals surface area contributed by atoms with Gasteiger partial charge in [-0.15, -0.1) is 0 Å². The SMILES string of the molecule is C=C/C1=C(\C=C)C(=O)N(CC)c2ccccc2C#C1. The molecule has 1 aromatic rings. The third-order valence-corrected chi connectivity index (χ3v) is 3.02. The molecule has 0 aromatic heterocycles. The van der Waals surface area contributed by atoms with Crippen molar-refractivity contribution in [1.29, 1.82) is 0 Å². The maximum absolute atomic E-state index is 12.6. The van der Waals surface area contributed by atoms with E-state index in [4.69, 9.17) is 0 Å². The number of hydrogen-bond donors (Lipinski definition) is 0. The summed E-state index contributed by atoms with van der Waals surface area (Å²) in [6, 6.07) is 7.64. The number of likely N-dealkylation sites (N-methyl/N-ethyl adjacent to an activating group) is 1. The summed E-state index contributed by atoms with van der Waals surface area (Å²) < 4.78 is 0. The van der Waals surface area contributed by atoms with Gasteiger partial charge in [-0.1, -0.05) is 49.3 Å². The number of carbonyl (C=O) groups is 1. The van der Waals surface area contributed by atoms with Gasteiger partial charge in [-0.25, -0.2) is 0 Å². The molecule has 0 atom stereocenters. The lowest BCUT2D eigenvalue weighted by atomic mass is 10.0. The summed E-state index contributed by atoms with van der Waals surface area (Å²) in [5.41, 5.74) is 2.80. The number of rotatable bonds is 3. The second-order valence-electron chi connectivity index (χ2n) is 4.05. The minimum atomic E-state index is -0.0890. The van der Waals surface area contributed by atoms with E-state index in [9.17, 15) is 4.79 Å². The average Bonchev–Trinajstić information content (AvgIpc) is 2.43. The van der Waals surface area contributed by atoms with Crippen LogP contribution in [0.1, 0.15) is 12.5 Å². The van der Waals surface area contributed by atoms with Gasteiger partial charge in [-0.3, -0.25) is 4.79 Å². The van der Waals surface area contributed by atoms with Gasteiger partial charge in [0.05, 0.1) is 11.3 Å². The van der Waals surface area contributed by atoms with Crippen molar-refractivity contribution < 1.29 is 4.79 Å². The van der Waals surface area contributed by atoms with Gasteiger partial charge in [-0.05, 0) is 19.1 Å². The van der Waals surface area contributed by atoms with Crippen LogP contribution in [-0.2, 0) is 4.79 Å². The van der Waals surface area contributed by atoms with E-state index in [2.05, 4.69) is 25.0 Å². The monoisotopic (exact) mass is 249 g/mol. The Bertz CT molecular complexity index is 641. The van der Waals surface area contributed by atoms with Crippen molar-refractivity contribution in [3.63, 3.8) is 0 Å². The smallest absolute Gasteiger partial charge is 0.259 e. The summed E-state index contributed by atoms with van der Waals surface area (Å²) in [5, 5.41) is 0. The molecule has 0 radical (unpaired) electrons. The maximum Gasteiger partial charge on any atom is 0.259 e. The number of anilines is 1. The molecule has 0 N–H and O–H groups in total. The lowest BCUT2D eigenvalue weighted by Crippen LogP contribution is -2.33. The van der Waals surface area contributed by atoms with Gasteiger partial charge in [0.1, 0.15) is 0 Å². The molecule has 2 nitrogen and oxygen atoms in total. The van der Waals surface area contributed by atoms with E-state index in [1.165, 1.54) is 0 Å². The molecular formula is C17H15NO. The van der Waals surface area contributed by atoms with Gasteiger partial charge < -0.3 is 4.90 Å². The molecular weight excluding hydrogens is 234 g/mol. The lowest BCUT2D eigenvalue weighted by molar-refractivity contribution is -0.114. The van der Waals surface area contributed by atoms with Crippen molar-refractivity contribution in [2.45, 2.75) is 6.92 Å². The highest BCUT2D eigenvalue weighted by Gasteiger charge is 2.21. The number of para-hydroxylation sites is 1. The first kappa shape index (κ1) is 12.9. The number of amides is 1. The highest BCUT2D eigenvalue weighted by Crippen LogP contribution is 2.24. The summed E-state index contributed by atoms with van der Waals surface area (Å²) in [4.78, 5) is 14.3. The zero-order valence-electron chi connectivity index (χ0n) is 10.9. The molecule has 0 bridgehead atoms. The molecule has 0 saturated heterocycles. The standard InChI is InChI=1S/C17H15NO/c1-4-13-11-12-14-9-7-8-10-16(14)18(6-3)17(19)15(13)5-2/h4-5,7-10H,1-2,6H2,3H3/b15-13-. The van der Waals surface area contributed by atoms with Crippen molar-refractivity contribution in [1.82, 2.24) is 0 Å². The summed E-state index contributed by atoms with van der Waals surface area (Å²) in [5.74, 6) is 6.00. The van der Waals surface area contributed by atoms with Crippen molar-refractivity contribution in [3.05, 3.63) is 66.3 Å². The molecule has 0 saturated carbocycles. The van der Waals surface area contributed by atoms with Gasteiger partial charge in [-0.2, -0.15) is 0 Å². The number of fused-ring (bicyclic) bond motifs is 1. The molecule has 0 fully saturated rings. The van der Waals surface area contributed by atoms with Crippen LogP contribution in [0, 0.1) is 11.8 Å². The Morgan fingerprint density at radius 3 is 2.58 bits per heavy atom. The Hall–Kier alpha value is -2.53. The molecule has 0 unspecified atom stereocenters. The van der Waals surface area contributed by atoms with Gasteiger partial charge >= 0.3 is 0 Å².